The van der Waals surface area contributed by atoms with Gasteiger partial charge in [-0.3, -0.25) is 4.79 Å². The first kappa shape index (κ1) is 16.9. The van der Waals surface area contributed by atoms with E-state index in [1.54, 1.807) is 11.8 Å². The largest absolute Gasteiger partial charge is 0.441 e. The van der Waals surface area contributed by atoms with Crippen molar-refractivity contribution in [3.8, 4) is 0 Å². The first-order chi connectivity index (χ1) is 11.3. The van der Waals surface area contributed by atoms with Crippen molar-refractivity contribution in [2.75, 3.05) is 32.4 Å². The number of sulfonamides is 1. The van der Waals surface area contributed by atoms with Crippen molar-refractivity contribution < 1.29 is 17.6 Å². The summed E-state index contributed by atoms with van der Waals surface area (Å²) in [5.41, 5.74) is 2.33. The van der Waals surface area contributed by atoms with Crippen molar-refractivity contribution >= 4 is 27.0 Å². The zero-order valence-corrected chi connectivity index (χ0v) is 14.7. The lowest BCUT2D eigenvalue weighted by molar-refractivity contribution is -0.130. The number of fused-ring (bicyclic) bond motifs is 1. The summed E-state index contributed by atoms with van der Waals surface area (Å²) in [6.45, 7) is 3.61. The summed E-state index contributed by atoms with van der Waals surface area (Å²) in [6, 6.07) is 5.57. The fourth-order valence-corrected chi connectivity index (χ4v) is 3.83. The summed E-state index contributed by atoms with van der Waals surface area (Å²) in [5.74, 6) is 0.600. The number of carbonyl (C=O) groups is 1. The monoisotopic (exact) mass is 351 g/mol. The maximum absolute atomic E-state index is 12.5. The minimum absolute atomic E-state index is 0.000869. The molecule has 1 aliphatic heterocycles. The second kappa shape index (κ2) is 6.52. The van der Waals surface area contributed by atoms with E-state index in [1.165, 1.54) is 10.6 Å². The lowest BCUT2D eigenvalue weighted by Gasteiger charge is -2.21. The Labute approximate surface area is 141 Å². The van der Waals surface area contributed by atoms with Crippen LogP contribution in [-0.4, -0.2) is 60.9 Å². The van der Waals surface area contributed by atoms with Gasteiger partial charge in [0.15, 0.2) is 11.5 Å². The second-order valence-corrected chi connectivity index (χ2v) is 8.09. The van der Waals surface area contributed by atoms with Gasteiger partial charge >= 0.3 is 0 Å². The molecule has 0 aliphatic carbocycles. The van der Waals surface area contributed by atoms with Crippen molar-refractivity contribution in [1.29, 1.82) is 0 Å². The molecule has 0 unspecified atom stereocenters. The molecular formula is C16H21N3O4S. The number of benzene rings is 1. The van der Waals surface area contributed by atoms with Gasteiger partial charge in [0.25, 0.3) is 0 Å². The van der Waals surface area contributed by atoms with Crippen LogP contribution in [0.1, 0.15) is 17.9 Å². The van der Waals surface area contributed by atoms with Crippen molar-refractivity contribution in [2.45, 2.75) is 19.8 Å². The fourth-order valence-electron chi connectivity index (χ4n) is 2.96. The number of aromatic nitrogens is 1. The van der Waals surface area contributed by atoms with Gasteiger partial charge in [-0.1, -0.05) is 6.07 Å². The highest BCUT2D eigenvalue weighted by molar-refractivity contribution is 7.88. The van der Waals surface area contributed by atoms with E-state index in [2.05, 4.69) is 4.98 Å². The van der Waals surface area contributed by atoms with Crippen molar-refractivity contribution in [3.05, 3.63) is 29.7 Å². The molecule has 1 aromatic heterocycles. The van der Waals surface area contributed by atoms with E-state index in [9.17, 15) is 13.2 Å². The Balaban J connectivity index is 1.67. The van der Waals surface area contributed by atoms with Gasteiger partial charge in [-0.05, 0) is 24.1 Å². The van der Waals surface area contributed by atoms with Crippen LogP contribution in [0.5, 0.6) is 0 Å². The molecule has 1 aliphatic rings. The Hall–Kier alpha value is -1.93. The van der Waals surface area contributed by atoms with Crippen LogP contribution < -0.4 is 0 Å². The Morgan fingerprint density at radius 1 is 1.25 bits per heavy atom. The molecule has 1 saturated heterocycles. The summed E-state index contributed by atoms with van der Waals surface area (Å²) in [6.07, 6.45) is 2.13. The highest BCUT2D eigenvalue weighted by Gasteiger charge is 2.23. The van der Waals surface area contributed by atoms with Gasteiger partial charge in [-0.15, -0.1) is 0 Å². The molecule has 1 fully saturated rings. The van der Waals surface area contributed by atoms with Gasteiger partial charge in [-0.25, -0.2) is 17.7 Å². The van der Waals surface area contributed by atoms with Crippen molar-refractivity contribution in [1.82, 2.24) is 14.2 Å². The van der Waals surface area contributed by atoms with Crippen LogP contribution in [0.3, 0.4) is 0 Å². The van der Waals surface area contributed by atoms with E-state index in [4.69, 9.17) is 4.42 Å². The fraction of sp³-hybridized carbons (Fsp3) is 0.500. The zero-order chi connectivity index (χ0) is 17.3. The molecule has 2 aromatic rings. The lowest BCUT2D eigenvalue weighted by Crippen LogP contribution is -2.37. The minimum Gasteiger partial charge on any atom is -0.441 e. The average Bonchev–Trinajstić information content (AvgIpc) is 2.71. The van der Waals surface area contributed by atoms with Gasteiger partial charge in [-0.2, -0.15) is 0 Å². The summed E-state index contributed by atoms with van der Waals surface area (Å²) < 4.78 is 30.2. The zero-order valence-electron chi connectivity index (χ0n) is 13.9. The Morgan fingerprint density at radius 3 is 2.79 bits per heavy atom. The average molecular weight is 351 g/mol. The molecule has 0 bridgehead atoms. The first-order valence-corrected chi connectivity index (χ1v) is 9.77. The third-order valence-corrected chi connectivity index (χ3v) is 5.49. The molecule has 0 spiro atoms. The third-order valence-electron chi connectivity index (χ3n) is 4.19. The van der Waals surface area contributed by atoms with Crippen LogP contribution in [0.15, 0.2) is 22.6 Å². The van der Waals surface area contributed by atoms with Crippen LogP contribution in [0.25, 0.3) is 11.1 Å². The van der Waals surface area contributed by atoms with Gasteiger partial charge in [0.05, 0.1) is 12.7 Å². The number of rotatable bonds is 3. The lowest BCUT2D eigenvalue weighted by atomic mass is 10.1. The van der Waals surface area contributed by atoms with E-state index in [1.807, 2.05) is 18.2 Å². The maximum atomic E-state index is 12.5. The van der Waals surface area contributed by atoms with Gasteiger partial charge in [0, 0.05) is 33.1 Å². The molecule has 130 valence electrons. The van der Waals surface area contributed by atoms with Crippen molar-refractivity contribution in [2.24, 2.45) is 0 Å². The molecule has 7 nitrogen and oxygen atoms in total. The van der Waals surface area contributed by atoms with Crippen LogP contribution in [-0.2, 0) is 21.2 Å². The molecule has 8 heteroatoms. The smallest absolute Gasteiger partial charge is 0.227 e. The summed E-state index contributed by atoms with van der Waals surface area (Å²) in [5, 5.41) is 0. The summed E-state index contributed by atoms with van der Waals surface area (Å²) in [4.78, 5) is 18.5. The number of aryl methyl sites for hydroxylation is 1. The molecular weight excluding hydrogens is 330 g/mol. The summed E-state index contributed by atoms with van der Waals surface area (Å²) >= 11 is 0. The standard InChI is InChI=1S/C16H21N3O4S/c1-12-17-14-5-4-13(10-15(14)23-12)11-16(20)18-6-3-7-19(9-8-18)24(2,21)22/h4-5,10H,3,6-9,11H2,1-2H3. The predicted molar refractivity (Wildman–Crippen MR) is 90.1 cm³/mol. The molecule has 0 atom stereocenters. The van der Waals surface area contributed by atoms with E-state index in [0.717, 1.165) is 11.1 Å². The number of hydrogen-bond acceptors (Lipinski definition) is 5. The van der Waals surface area contributed by atoms with E-state index >= 15 is 0 Å². The Kier molecular flexibility index (Phi) is 4.60. The maximum Gasteiger partial charge on any atom is 0.227 e. The number of oxazole rings is 1. The SMILES string of the molecule is Cc1nc2ccc(CC(=O)N3CCCN(S(C)(=O)=O)CC3)cc2o1. The Morgan fingerprint density at radius 2 is 2.04 bits per heavy atom. The van der Waals surface area contributed by atoms with E-state index in [0.29, 0.717) is 44.1 Å². The quantitative estimate of drug-likeness (QED) is 0.829. The highest BCUT2D eigenvalue weighted by Crippen LogP contribution is 2.18. The topological polar surface area (TPSA) is 83.7 Å². The van der Waals surface area contributed by atoms with Crippen LogP contribution >= 0.6 is 0 Å². The van der Waals surface area contributed by atoms with Gasteiger partial charge in [0.2, 0.25) is 15.9 Å². The minimum atomic E-state index is -3.20. The number of carbonyl (C=O) groups excluding carboxylic acids is 1. The molecule has 2 heterocycles. The normalized spacial score (nSPS) is 17.2. The van der Waals surface area contributed by atoms with Crippen LogP contribution in [0, 0.1) is 6.92 Å². The number of hydrogen-bond donors (Lipinski definition) is 0. The molecule has 24 heavy (non-hydrogen) atoms. The van der Waals surface area contributed by atoms with Gasteiger partial charge in [0.1, 0.15) is 5.52 Å². The summed E-state index contributed by atoms with van der Waals surface area (Å²) in [7, 11) is -3.20. The van der Waals surface area contributed by atoms with Crippen molar-refractivity contribution in [3.63, 3.8) is 0 Å². The Bertz CT molecular complexity index is 859. The third kappa shape index (κ3) is 3.76. The van der Waals surface area contributed by atoms with Crippen LogP contribution in [0.4, 0.5) is 0 Å². The highest BCUT2D eigenvalue weighted by atomic mass is 32.2. The van der Waals surface area contributed by atoms with Gasteiger partial charge < -0.3 is 9.32 Å². The van der Waals surface area contributed by atoms with Crippen LogP contribution in [0.2, 0.25) is 0 Å². The first-order valence-electron chi connectivity index (χ1n) is 7.92. The molecule has 0 N–H and O–H groups in total. The van der Waals surface area contributed by atoms with E-state index in [-0.39, 0.29) is 12.3 Å². The van der Waals surface area contributed by atoms with E-state index < -0.39 is 10.0 Å². The molecule has 3 rings (SSSR count). The predicted octanol–water partition coefficient (Wildman–Crippen LogP) is 1.17. The second-order valence-electron chi connectivity index (χ2n) is 6.11. The molecule has 0 saturated carbocycles. The molecule has 1 aromatic carbocycles. The molecule has 1 amide bonds. The number of amides is 1. The number of nitrogens with zero attached hydrogens (tertiary/aromatic N) is 3. The molecule has 0 radical (unpaired) electrons.